The van der Waals surface area contributed by atoms with Gasteiger partial charge in [-0.25, -0.2) is 13.1 Å². The van der Waals surface area contributed by atoms with Crippen LogP contribution in [-0.4, -0.2) is 19.9 Å². The van der Waals surface area contributed by atoms with Crippen LogP contribution in [0.2, 0.25) is 0 Å². The highest BCUT2D eigenvalue weighted by atomic mass is 32.2. The highest BCUT2D eigenvalue weighted by Crippen LogP contribution is 2.17. The fourth-order valence-electron chi connectivity index (χ4n) is 3.00. The molecule has 2 N–H and O–H groups in total. The van der Waals surface area contributed by atoms with Crippen LogP contribution in [-0.2, 0) is 22.2 Å². The molecule has 0 aliphatic carbocycles. The average molecular weight is 385 g/mol. The smallest absolute Gasteiger partial charge is 0.251 e. The van der Waals surface area contributed by atoms with E-state index in [1.165, 1.54) is 0 Å². The van der Waals surface area contributed by atoms with Crippen LogP contribution in [0.5, 0.6) is 0 Å². The maximum absolute atomic E-state index is 12.3. The van der Waals surface area contributed by atoms with Gasteiger partial charge in [0.2, 0.25) is 10.0 Å². The van der Waals surface area contributed by atoms with Crippen molar-refractivity contribution in [1.82, 2.24) is 9.71 Å². The molecule has 1 aromatic heterocycles. The fraction of sp³-hybridized carbons (Fsp3) is 0.286. The largest absolute Gasteiger partial charge is 0.322 e. The van der Waals surface area contributed by atoms with E-state index in [-0.39, 0.29) is 17.9 Å². The Hall–Kier alpha value is -2.44. The average Bonchev–Trinajstić information content (AvgIpc) is 2.59. The van der Waals surface area contributed by atoms with Gasteiger partial charge in [-0.05, 0) is 67.5 Å². The van der Waals surface area contributed by atoms with E-state index in [1.807, 2.05) is 63.2 Å². The summed E-state index contributed by atoms with van der Waals surface area (Å²) in [5.41, 5.74) is 5.29. The second-order valence-corrected chi connectivity index (χ2v) is 8.84. The first kappa shape index (κ1) is 19.3. The zero-order valence-corrected chi connectivity index (χ0v) is 16.6. The standard InChI is InChI=1S/C21H24N2O3S/c1-14-4-6-17(7-5-14)13-27(25,26)22-9-8-18-12-19-10-15(2)16(3)11-20(19)23-21(18)24/h4-7,10-12,22H,8-9,13H2,1-3H3,(H,23,24). The highest BCUT2D eigenvalue weighted by Gasteiger charge is 2.12. The Kier molecular flexibility index (Phi) is 5.48. The van der Waals surface area contributed by atoms with Crippen molar-refractivity contribution in [2.75, 3.05) is 6.54 Å². The van der Waals surface area contributed by atoms with Gasteiger partial charge in [-0.1, -0.05) is 29.8 Å². The van der Waals surface area contributed by atoms with Crippen LogP contribution in [0, 0.1) is 20.8 Å². The van der Waals surface area contributed by atoms with Crippen molar-refractivity contribution in [3.8, 4) is 0 Å². The monoisotopic (exact) mass is 384 g/mol. The molecule has 0 saturated carbocycles. The number of nitrogens with one attached hydrogen (secondary N) is 2. The molecule has 0 saturated heterocycles. The summed E-state index contributed by atoms with van der Waals surface area (Å²) in [6.45, 7) is 6.18. The molecule has 3 aromatic rings. The molecule has 5 nitrogen and oxygen atoms in total. The first-order valence-electron chi connectivity index (χ1n) is 8.89. The molecule has 0 spiro atoms. The van der Waals surface area contributed by atoms with E-state index in [2.05, 4.69) is 9.71 Å². The van der Waals surface area contributed by atoms with Crippen molar-refractivity contribution in [3.63, 3.8) is 0 Å². The van der Waals surface area contributed by atoms with Crippen LogP contribution in [0.3, 0.4) is 0 Å². The molecule has 0 radical (unpaired) electrons. The summed E-state index contributed by atoms with van der Waals surface area (Å²) in [5.74, 6) is -0.0696. The number of aromatic nitrogens is 1. The summed E-state index contributed by atoms with van der Waals surface area (Å²) >= 11 is 0. The predicted molar refractivity (Wildman–Crippen MR) is 110 cm³/mol. The van der Waals surface area contributed by atoms with Gasteiger partial charge in [0.05, 0.1) is 5.75 Å². The Morgan fingerprint density at radius 2 is 1.63 bits per heavy atom. The fourth-order valence-corrected chi connectivity index (χ4v) is 4.15. The quantitative estimate of drug-likeness (QED) is 0.685. The predicted octanol–water partition coefficient (Wildman–Crippen LogP) is 3.12. The lowest BCUT2D eigenvalue weighted by Gasteiger charge is -2.09. The lowest BCUT2D eigenvalue weighted by atomic mass is 10.0. The Morgan fingerprint density at radius 3 is 2.33 bits per heavy atom. The second-order valence-electron chi connectivity index (χ2n) is 7.04. The van der Waals surface area contributed by atoms with Gasteiger partial charge >= 0.3 is 0 Å². The van der Waals surface area contributed by atoms with Crippen LogP contribution in [0.25, 0.3) is 10.9 Å². The third kappa shape index (κ3) is 4.84. The highest BCUT2D eigenvalue weighted by molar-refractivity contribution is 7.88. The number of pyridine rings is 1. The molecule has 142 valence electrons. The molecule has 27 heavy (non-hydrogen) atoms. The number of sulfonamides is 1. The minimum atomic E-state index is -3.45. The molecule has 1 heterocycles. The van der Waals surface area contributed by atoms with Gasteiger partial charge in [-0.15, -0.1) is 0 Å². The number of benzene rings is 2. The lowest BCUT2D eigenvalue weighted by Crippen LogP contribution is -2.28. The van der Waals surface area contributed by atoms with Gasteiger partial charge < -0.3 is 4.98 Å². The Labute approximate surface area is 159 Å². The number of hydrogen-bond acceptors (Lipinski definition) is 3. The van der Waals surface area contributed by atoms with Crippen molar-refractivity contribution in [1.29, 1.82) is 0 Å². The summed E-state index contributed by atoms with van der Waals surface area (Å²) < 4.78 is 27.1. The Bertz CT molecular complexity index is 1130. The Morgan fingerprint density at radius 1 is 0.963 bits per heavy atom. The summed E-state index contributed by atoms with van der Waals surface area (Å²) in [6, 6.07) is 13.2. The maximum Gasteiger partial charge on any atom is 0.251 e. The Balaban J connectivity index is 1.69. The lowest BCUT2D eigenvalue weighted by molar-refractivity contribution is 0.580. The first-order valence-corrected chi connectivity index (χ1v) is 10.5. The van der Waals surface area contributed by atoms with Crippen LogP contribution < -0.4 is 10.3 Å². The molecule has 0 unspecified atom stereocenters. The first-order chi connectivity index (χ1) is 12.7. The van der Waals surface area contributed by atoms with E-state index in [9.17, 15) is 13.2 Å². The third-order valence-corrected chi connectivity index (χ3v) is 6.09. The van der Waals surface area contributed by atoms with Crippen LogP contribution >= 0.6 is 0 Å². The van der Waals surface area contributed by atoms with Crippen molar-refractivity contribution >= 4 is 20.9 Å². The summed E-state index contributed by atoms with van der Waals surface area (Å²) in [6.07, 6.45) is 0.339. The van der Waals surface area contributed by atoms with Crippen LogP contribution in [0.15, 0.2) is 47.3 Å². The minimum absolute atomic E-state index is 0.0696. The van der Waals surface area contributed by atoms with E-state index in [0.717, 1.165) is 33.2 Å². The zero-order valence-electron chi connectivity index (χ0n) is 15.8. The molecule has 2 aromatic carbocycles. The van der Waals surface area contributed by atoms with E-state index >= 15 is 0 Å². The number of hydrogen-bond donors (Lipinski definition) is 2. The molecular formula is C21H24N2O3S. The third-order valence-electron chi connectivity index (χ3n) is 4.73. The van der Waals surface area contributed by atoms with E-state index < -0.39 is 10.0 Å². The number of H-pyrrole nitrogens is 1. The van der Waals surface area contributed by atoms with Gasteiger partial charge in [0.15, 0.2) is 0 Å². The van der Waals surface area contributed by atoms with E-state index in [0.29, 0.717) is 12.0 Å². The molecule has 0 atom stereocenters. The topological polar surface area (TPSA) is 79.0 Å². The SMILES string of the molecule is Cc1ccc(CS(=O)(=O)NCCc2cc3cc(C)c(C)cc3[nH]c2=O)cc1. The number of aromatic amines is 1. The normalized spacial score (nSPS) is 11.8. The second kappa shape index (κ2) is 7.66. The van der Waals surface area contributed by atoms with Crippen LogP contribution in [0.4, 0.5) is 0 Å². The van der Waals surface area contributed by atoms with Crippen molar-refractivity contribution in [3.05, 3.63) is 80.6 Å². The molecule has 3 rings (SSSR count). The van der Waals surface area contributed by atoms with Crippen LogP contribution in [0.1, 0.15) is 27.8 Å². The van der Waals surface area contributed by atoms with Gasteiger partial charge in [-0.2, -0.15) is 0 Å². The van der Waals surface area contributed by atoms with E-state index in [1.54, 1.807) is 0 Å². The van der Waals surface area contributed by atoms with E-state index in [4.69, 9.17) is 0 Å². The van der Waals surface area contributed by atoms with Gasteiger partial charge in [0.1, 0.15) is 0 Å². The van der Waals surface area contributed by atoms with Crippen molar-refractivity contribution < 1.29 is 8.42 Å². The number of aryl methyl sites for hydroxylation is 3. The van der Waals surface area contributed by atoms with Gasteiger partial charge in [0.25, 0.3) is 5.56 Å². The molecule has 0 amide bonds. The summed E-state index contributed by atoms with van der Waals surface area (Å²) in [4.78, 5) is 15.2. The van der Waals surface area contributed by atoms with Gasteiger partial charge in [0, 0.05) is 17.6 Å². The maximum atomic E-state index is 12.3. The van der Waals surface area contributed by atoms with Crippen molar-refractivity contribution in [2.45, 2.75) is 32.9 Å². The number of fused-ring (bicyclic) bond motifs is 1. The molecule has 0 bridgehead atoms. The molecular weight excluding hydrogens is 360 g/mol. The molecule has 0 fully saturated rings. The van der Waals surface area contributed by atoms with Gasteiger partial charge in [-0.3, -0.25) is 4.79 Å². The molecule has 0 aliphatic rings. The molecule has 6 heteroatoms. The minimum Gasteiger partial charge on any atom is -0.322 e. The summed E-state index contributed by atoms with van der Waals surface area (Å²) in [5, 5.41) is 0.954. The van der Waals surface area contributed by atoms with Crippen molar-refractivity contribution in [2.24, 2.45) is 0 Å². The zero-order chi connectivity index (χ0) is 19.6. The number of rotatable bonds is 6. The molecule has 0 aliphatic heterocycles. The summed E-state index contributed by atoms with van der Waals surface area (Å²) in [7, 11) is -3.45.